The summed E-state index contributed by atoms with van der Waals surface area (Å²) in [4.78, 5) is 10.9. The van der Waals surface area contributed by atoms with Crippen molar-refractivity contribution in [3.63, 3.8) is 0 Å². The Hall–Kier alpha value is -2.14. The number of alkyl halides is 2. The molecule has 0 atom stereocenters. The van der Waals surface area contributed by atoms with Crippen molar-refractivity contribution in [1.29, 1.82) is 0 Å². The summed E-state index contributed by atoms with van der Waals surface area (Å²) < 4.78 is 32.8. The zero-order valence-corrected chi connectivity index (χ0v) is 11.5. The monoisotopic (exact) mass is 312 g/mol. The van der Waals surface area contributed by atoms with Gasteiger partial charge in [-0.2, -0.15) is 8.78 Å². The minimum absolute atomic E-state index is 0.0182. The largest absolute Gasteiger partial charge is 0.487 e. The van der Waals surface area contributed by atoms with Gasteiger partial charge in [-0.25, -0.2) is 4.79 Å². The van der Waals surface area contributed by atoms with Crippen molar-refractivity contribution in [3.05, 3.63) is 64.7 Å². The second-order valence-electron chi connectivity index (χ2n) is 4.31. The van der Waals surface area contributed by atoms with Gasteiger partial charge in [0, 0.05) is 5.56 Å². The van der Waals surface area contributed by atoms with E-state index in [1.165, 1.54) is 36.4 Å². The predicted octanol–water partition coefficient (Wildman–Crippen LogP) is 4.21. The van der Waals surface area contributed by atoms with E-state index in [0.29, 0.717) is 0 Å². The third-order valence-corrected chi connectivity index (χ3v) is 3.11. The summed E-state index contributed by atoms with van der Waals surface area (Å²) in [6.45, 7) is -0.891. The number of carbonyl (C=O) groups is 1. The first-order valence-electron chi connectivity index (χ1n) is 5.99. The van der Waals surface area contributed by atoms with Crippen LogP contribution in [0.1, 0.15) is 15.9 Å². The number of halogens is 3. The molecule has 0 saturated carbocycles. The van der Waals surface area contributed by atoms with Crippen LogP contribution in [0.3, 0.4) is 0 Å². The molecule has 0 bridgehead atoms. The number of ether oxygens (including phenoxy) is 1. The molecule has 0 unspecified atom stereocenters. The van der Waals surface area contributed by atoms with Gasteiger partial charge in [-0.05, 0) is 18.2 Å². The Morgan fingerprint density at radius 2 is 1.86 bits per heavy atom. The van der Waals surface area contributed by atoms with Gasteiger partial charge in [0.25, 0.3) is 0 Å². The van der Waals surface area contributed by atoms with Crippen LogP contribution >= 0.6 is 11.6 Å². The van der Waals surface area contributed by atoms with Crippen LogP contribution in [0.5, 0.6) is 5.75 Å². The van der Waals surface area contributed by atoms with E-state index < -0.39 is 18.5 Å². The Balaban J connectivity index is 2.13. The summed E-state index contributed by atoms with van der Waals surface area (Å²) in [7, 11) is 0. The molecular weight excluding hydrogens is 302 g/mol. The summed E-state index contributed by atoms with van der Waals surface area (Å²) in [6, 6.07) is 11.0. The van der Waals surface area contributed by atoms with Crippen LogP contribution in [0.4, 0.5) is 8.78 Å². The highest BCUT2D eigenvalue weighted by Crippen LogP contribution is 2.29. The van der Waals surface area contributed by atoms with Gasteiger partial charge in [0.05, 0.1) is 10.6 Å². The summed E-state index contributed by atoms with van der Waals surface area (Å²) >= 11 is 5.69. The number of rotatable bonds is 5. The number of hydrogen-bond donors (Lipinski definition) is 1. The van der Waals surface area contributed by atoms with Crippen molar-refractivity contribution in [2.45, 2.75) is 5.92 Å². The zero-order chi connectivity index (χ0) is 15.5. The van der Waals surface area contributed by atoms with E-state index in [-0.39, 0.29) is 21.9 Å². The minimum atomic E-state index is -3.18. The Kier molecular flexibility index (Phi) is 4.43. The van der Waals surface area contributed by atoms with Gasteiger partial charge in [-0.15, -0.1) is 0 Å². The second kappa shape index (κ2) is 6.10. The molecule has 0 fully saturated rings. The van der Waals surface area contributed by atoms with Gasteiger partial charge in [0.2, 0.25) is 0 Å². The fourth-order valence-electron chi connectivity index (χ4n) is 1.70. The second-order valence-corrected chi connectivity index (χ2v) is 4.71. The number of aromatic carboxylic acids is 1. The molecule has 0 amide bonds. The number of benzene rings is 2. The van der Waals surface area contributed by atoms with Crippen LogP contribution < -0.4 is 4.74 Å². The van der Waals surface area contributed by atoms with Gasteiger partial charge in [0.15, 0.2) is 6.61 Å². The Morgan fingerprint density at radius 1 is 1.19 bits per heavy atom. The zero-order valence-electron chi connectivity index (χ0n) is 10.7. The van der Waals surface area contributed by atoms with Gasteiger partial charge in [0.1, 0.15) is 5.75 Å². The molecule has 0 aliphatic rings. The van der Waals surface area contributed by atoms with Crippen molar-refractivity contribution in [2.24, 2.45) is 0 Å². The molecule has 3 nitrogen and oxygen atoms in total. The van der Waals surface area contributed by atoms with E-state index in [2.05, 4.69) is 0 Å². The molecule has 1 N–H and O–H groups in total. The lowest BCUT2D eigenvalue weighted by atomic mass is 10.1. The molecule has 6 heteroatoms. The molecule has 0 aliphatic carbocycles. The molecule has 110 valence electrons. The molecule has 2 rings (SSSR count). The summed E-state index contributed by atoms with van der Waals surface area (Å²) in [5.74, 6) is -4.41. The predicted molar refractivity (Wildman–Crippen MR) is 74.2 cm³/mol. The average Bonchev–Trinajstić information content (AvgIpc) is 2.47. The maximum Gasteiger partial charge on any atom is 0.337 e. The average molecular weight is 313 g/mol. The highest BCUT2D eigenvalue weighted by molar-refractivity contribution is 6.33. The molecule has 21 heavy (non-hydrogen) atoms. The quantitative estimate of drug-likeness (QED) is 0.899. The van der Waals surface area contributed by atoms with E-state index in [9.17, 15) is 13.6 Å². The van der Waals surface area contributed by atoms with Crippen LogP contribution in [-0.2, 0) is 5.92 Å². The molecule has 0 aromatic heterocycles. The van der Waals surface area contributed by atoms with E-state index in [0.717, 1.165) is 6.07 Å². The highest BCUT2D eigenvalue weighted by Gasteiger charge is 2.32. The van der Waals surface area contributed by atoms with E-state index in [1.807, 2.05) is 0 Å². The third-order valence-electron chi connectivity index (χ3n) is 2.78. The molecule has 0 saturated heterocycles. The topological polar surface area (TPSA) is 46.5 Å². The van der Waals surface area contributed by atoms with Gasteiger partial charge in [-0.1, -0.05) is 41.9 Å². The number of carboxylic acid groups (broad SMARTS) is 1. The Morgan fingerprint density at radius 3 is 2.48 bits per heavy atom. The van der Waals surface area contributed by atoms with Gasteiger partial charge >= 0.3 is 11.9 Å². The maximum atomic E-state index is 13.9. The smallest absolute Gasteiger partial charge is 0.337 e. The number of hydrogen-bond acceptors (Lipinski definition) is 2. The molecular formula is C15H11ClF2O3. The summed E-state index contributed by atoms with van der Waals surface area (Å²) in [6.07, 6.45) is 0. The summed E-state index contributed by atoms with van der Waals surface area (Å²) in [5, 5.41) is 8.93. The Bertz CT molecular complexity index is 645. The van der Waals surface area contributed by atoms with E-state index in [4.69, 9.17) is 21.4 Å². The van der Waals surface area contributed by atoms with Crippen molar-refractivity contribution in [3.8, 4) is 5.75 Å². The molecule has 2 aromatic carbocycles. The summed E-state index contributed by atoms with van der Waals surface area (Å²) in [5.41, 5.74) is -0.366. The Labute approximate surface area is 124 Å². The fourth-order valence-corrected chi connectivity index (χ4v) is 1.90. The lowest BCUT2D eigenvalue weighted by molar-refractivity contribution is -0.0467. The molecule has 2 aromatic rings. The molecule has 0 heterocycles. The van der Waals surface area contributed by atoms with Crippen molar-refractivity contribution < 1.29 is 23.4 Å². The SMILES string of the molecule is O=C(O)c1cc(OCC(F)(F)c2ccccc2)ccc1Cl. The third kappa shape index (κ3) is 3.70. The normalized spacial score (nSPS) is 11.2. The van der Waals surface area contributed by atoms with Gasteiger partial charge < -0.3 is 9.84 Å². The van der Waals surface area contributed by atoms with E-state index >= 15 is 0 Å². The first-order chi connectivity index (χ1) is 9.90. The highest BCUT2D eigenvalue weighted by atomic mass is 35.5. The minimum Gasteiger partial charge on any atom is -0.487 e. The first-order valence-corrected chi connectivity index (χ1v) is 6.37. The van der Waals surface area contributed by atoms with Gasteiger partial charge in [-0.3, -0.25) is 0 Å². The lowest BCUT2D eigenvalue weighted by Gasteiger charge is -2.17. The first kappa shape index (κ1) is 15.3. The van der Waals surface area contributed by atoms with Crippen LogP contribution in [0.25, 0.3) is 0 Å². The molecule has 0 spiro atoms. The standard InChI is InChI=1S/C15H11ClF2O3/c16-13-7-6-11(8-12(13)14(19)20)21-9-15(17,18)10-4-2-1-3-5-10/h1-8H,9H2,(H,19,20). The van der Waals surface area contributed by atoms with Crippen LogP contribution in [0.2, 0.25) is 5.02 Å². The molecule has 0 radical (unpaired) electrons. The van der Waals surface area contributed by atoms with Crippen LogP contribution in [0.15, 0.2) is 48.5 Å². The lowest BCUT2D eigenvalue weighted by Crippen LogP contribution is -2.23. The van der Waals surface area contributed by atoms with Crippen molar-refractivity contribution >= 4 is 17.6 Å². The van der Waals surface area contributed by atoms with Crippen LogP contribution in [0, 0.1) is 0 Å². The van der Waals surface area contributed by atoms with Crippen LogP contribution in [-0.4, -0.2) is 17.7 Å². The van der Waals surface area contributed by atoms with Crippen molar-refractivity contribution in [2.75, 3.05) is 6.61 Å². The number of carboxylic acids is 1. The maximum absolute atomic E-state index is 13.9. The fraction of sp³-hybridized carbons (Fsp3) is 0.133. The van der Waals surface area contributed by atoms with E-state index in [1.54, 1.807) is 6.07 Å². The van der Waals surface area contributed by atoms with Crippen molar-refractivity contribution in [1.82, 2.24) is 0 Å². The molecule has 0 aliphatic heterocycles.